The number of piperazine rings is 1. The molecule has 0 spiro atoms. The van der Waals surface area contributed by atoms with Crippen molar-refractivity contribution in [3.05, 3.63) is 34.5 Å². The minimum Gasteiger partial charge on any atom is -0.353 e. The first-order valence-corrected chi connectivity index (χ1v) is 9.15. The van der Waals surface area contributed by atoms with Gasteiger partial charge in [-0.1, -0.05) is 13.8 Å². The summed E-state index contributed by atoms with van der Waals surface area (Å²) in [5.74, 6) is 1.50. The number of nitrogens with zero attached hydrogens (tertiary/aromatic N) is 7. The Morgan fingerprint density at radius 3 is 2.75 bits per heavy atom. The van der Waals surface area contributed by atoms with Crippen LogP contribution in [0.15, 0.2) is 23.8 Å². The molecule has 1 aliphatic heterocycles. The lowest BCUT2D eigenvalue weighted by molar-refractivity contribution is 0.246. The number of hydrogen-bond acceptors (Lipinski definition) is 7. The van der Waals surface area contributed by atoms with Crippen LogP contribution in [0, 0.1) is 0 Å². The Morgan fingerprint density at radius 1 is 1.17 bits per heavy atom. The maximum absolute atomic E-state index is 4.74. The van der Waals surface area contributed by atoms with Gasteiger partial charge in [0.05, 0.1) is 10.7 Å². The van der Waals surface area contributed by atoms with E-state index in [1.165, 1.54) is 10.7 Å². The molecule has 126 valence electrons. The fraction of sp³-hybridized carbons (Fsp3) is 0.500. The maximum Gasteiger partial charge on any atom is 0.177 e. The van der Waals surface area contributed by atoms with E-state index in [1.54, 1.807) is 22.2 Å². The first kappa shape index (κ1) is 15.5. The van der Waals surface area contributed by atoms with Crippen molar-refractivity contribution in [2.75, 3.05) is 31.1 Å². The molecule has 0 radical (unpaired) electrons. The van der Waals surface area contributed by atoms with Crippen LogP contribution in [0.5, 0.6) is 0 Å². The fourth-order valence-electron chi connectivity index (χ4n) is 2.91. The molecule has 3 aromatic rings. The normalized spacial score (nSPS) is 16.4. The molecule has 0 bridgehead atoms. The van der Waals surface area contributed by atoms with Gasteiger partial charge in [-0.2, -0.15) is 4.52 Å². The SMILES string of the molecule is CC(C)c1nc(CN2CCN(c3ccc4nncn4n3)CC2)cs1. The van der Waals surface area contributed by atoms with Crippen LogP contribution < -0.4 is 4.90 Å². The van der Waals surface area contributed by atoms with Crippen LogP contribution in [0.3, 0.4) is 0 Å². The molecule has 0 saturated carbocycles. The van der Waals surface area contributed by atoms with Gasteiger partial charge < -0.3 is 4.90 Å². The number of anilines is 1. The summed E-state index contributed by atoms with van der Waals surface area (Å²) in [6, 6.07) is 3.99. The van der Waals surface area contributed by atoms with Gasteiger partial charge in [0, 0.05) is 44.0 Å². The van der Waals surface area contributed by atoms with Crippen molar-refractivity contribution in [2.45, 2.75) is 26.3 Å². The number of aromatic nitrogens is 5. The predicted molar refractivity (Wildman–Crippen MR) is 94.5 cm³/mol. The maximum atomic E-state index is 4.74. The summed E-state index contributed by atoms with van der Waals surface area (Å²) in [6.07, 6.45) is 1.64. The van der Waals surface area contributed by atoms with E-state index in [1.807, 2.05) is 12.1 Å². The van der Waals surface area contributed by atoms with Crippen LogP contribution in [-0.2, 0) is 6.54 Å². The van der Waals surface area contributed by atoms with Gasteiger partial charge in [-0.05, 0) is 12.1 Å². The lowest BCUT2D eigenvalue weighted by atomic mass is 10.2. The quantitative estimate of drug-likeness (QED) is 0.722. The van der Waals surface area contributed by atoms with Gasteiger partial charge in [-0.3, -0.25) is 4.90 Å². The third-order valence-corrected chi connectivity index (χ3v) is 5.49. The van der Waals surface area contributed by atoms with Crippen LogP contribution in [-0.4, -0.2) is 55.9 Å². The van der Waals surface area contributed by atoms with Crippen molar-refractivity contribution in [2.24, 2.45) is 0 Å². The van der Waals surface area contributed by atoms with E-state index in [-0.39, 0.29) is 0 Å². The average Bonchev–Trinajstić information content (AvgIpc) is 3.24. The van der Waals surface area contributed by atoms with E-state index in [0.29, 0.717) is 5.92 Å². The molecule has 3 aromatic heterocycles. The highest BCUT2D eigenvalue weighted by Crippen LogP contribution is 2.21. The lowest BCUT2D eigenvalue weighted by Crippen LogP contribution is -2.46. The highest BCUT2D eigenvalue weighted by atomic mass is 32.1. The van der Waals surface area contributed by atoms with E-state index in [0.717, 1.165) is 44.2 Å². The Bertz CT molecular complexity index is 817. The highest BCUT2D eigenvalue weighted by molar-refractivity contribution is 7.09. The molecule has 24 heavy (non-hydrogen) atoms. The van der Waals surface area contributed by atoms with Crippen LogP contribution >= 0.6 is 11.3 Å². The topological polar surface area (TPSA) is 62.5 Å². The summed E-state index contributed by atoms with van der Waals surface area (Å²) in [5.41, 5.74) is 1.98. The first-order chi connectivity index (χ1) is 11.7. The second kappa shape index (κ2) is 6.45. The molecule has 0 atom stereocenters. The van der Waals surface area contributed by atoms with Gasteiger partial charge in [0.25, 0.3) is 0 Å². The van der Waals surface area contributed by atoms with E-state index in [2.05, 4.69) is 44.3 Å². The number of fused-ring (bicyclic) bond motifs is 1. The average molecular weight is 343 g/mol. The summed E-state index contributed by atoms with van der Waals surface area (Å²) in [7, 11) is 0. The minimum atomic E-state index is 0.513. The molecule has 1 aliphatic rings. The van der Waals surface area contributed by atoms with E-state index in [9.17, 15) is 0 Å². The molecule has 0 N–H and O–H groups in total. The summed E-state index contributed by atoms with van der Waals surface area (Å²) < 4.78 is 1.73. The van der Waals surface area contributed by atoms with Crippen molar-refractivity contribution in [1.29, 1.82) is 0 Å². The number of thiazole rings is 1. The van der Waals surface area contributed by atoms with Crippen molar-refractivity contribution >= 4 is 22.8 Å². The van der Waals surface area contributed by atoms with Gasteiger partial charge in [-0.15, -0.1) is 26.6 Å². The molecule has 4 heterocycles. The Hall–Kier alpha value is -2.06. The predicted octanol–water partition coefficient (Wildman–Crippen LogP) is 2.03. The third-order valence-electron chi connectivity index (χ3n) is 4.29. The highest BCUT2D eigenvalue weighted by Gasteiger charge is 2.19. The Morgan fingerprint density at radius 2 is 2.00 bits per heavy atom. The summed E-state index contributed by atoms with van der Waals surface area (Å²) >= 11 is 1.77. The zero-order chi connectivity index (χ0) is 16.5. The molecule has 1 fully saturated rings. The number of hydrogen-bond donors (Lipinski definition) is 0. The molecular formula is C16H21N7S. The molecule has 1 saturated heterocycles. The van der Waals surface area contributed by atoms with E-state index in [4.69, 9.17) is 4.98 Å². The van der Waals surface area contributed by atoms with Crippen molar-refractivity contribution in [3.8, 4) is 0 Å². The van der Waals surface area contributed by atoms with Crippen LogP contribution in [0.25, 0.3) is 5.65 Å². The molecule has 7 nitrogen and oxygen atoms in total. The summed E-state index contributed by atoms with van der Waals surface area (Å²) in [6.45, 7) is 9.33. The molecule has 0 aromatic carbocycles. The van der Waals surface area contributed by atoms with Crippen molar-refractivity contribution in [3.63, 3.8) is 0 Å². The second-order valence-electron chi connectivity index (χ2n) is 6.42. The third kappa shape index (κ3) is 3.11. The van der Waals surface area contributed by atoms with Gasteiger partial charge in [0.1, 0.15) is 12.1 Å². The Kier molecular flexibility index (Phi) is 4.15. The lowest BCUT2D eigenvalue weighted by Gasteiger charge is -2.34. The van der Waals surface area contributed by atoms with Gasteiger partial charge >= 0.3 is 0 Å². The van der Waals surface area contributed by atoms with Gasteiger partial charge in [0.15, 0.2) is 5.65 Å². The van der Waals surface area contributed by atoms with Crippen LogP contribution in [0.4, 0.5) is 5.82 Å². The van der Waals surface area contributed by atoms with Crippen LogP contribution in [0.2, 0.25) is 0 Å². The minimum absolute atomic E-state index is 0.513. The first-order valence-electron chi connectivity index (χ1n) is 8.28. The van der Waals surface area contributed by atoms with Crippen molar-refractivity contribution < 1.29 is 0 Å². The van der Waals surface area contributed by atoms with E-state index < -0.39 is 0 Å². The van der Waals surface area contributed by atoms with Gasteiger partial charge in [-0.25, -0.2) is 4.98 Å². The van der Waals surface area contributed by atoms with E-state index >= 15 is 0 Å². The molecule has 8 heteroatoms. The molecule has 0 unspecified atom stereocenters. The number of rotatable bonds is 4. The monoisotopic (exact) mass is 343 g/mol. The standard InChI is InChI=1S/C16H21N7S/c1-12(2)16-18-13(10-24-16)9-21-5-7-22(8-6-21)15-4-3-14-19-17-11-23(14)20-15/h3-4,10-12H,5-9H2,1-2H3. The smallest absolute Gasteiger partial charge is 0.177 e. The molecule has 4 rings (SSSR count). The second-order valence-corrected chi connectivity index (χ2v) is 7.31. The Labute approximate surface area is 144 Å². The molecular weight excluding hydrogens is 322 g/mol. The van der Waals surface area contributed by atoms with Crippen LogP contribution in [0.1, 0.15) is 30.5 Å². The largest absolute Gasteiger partial charge is 0.353 e. The zero-order valence-corrected chi connectivity index (χ0v) is 14.8. The summed E-state index contributed by atoms with van der Waals surface area (Å²) in [5, 5.41) is 15.9. The fourth-order valence-corrected chi connectivity index (χ4v) is 3.74. The van der Waals surface area contributed by atoms with Crippen molar-refractivity contribution in [1.82, 2.24) is 29.7 Å². The Balaban J connectivity index is 1.37. The zero-order valence-electron chi connectivity index (χ0n) is 14.0. The molecule has 0 aliphatic carbocycles. The molecule has 0 amide bonds. The summed E-state index contributed by atoms with van der Waals surface area (Å²) in [4.78, 5) is 9.52. The van der Waals surface area contributed by atoms with Gasteiger partial charge in [0.2, 0.25) is 0 Å².